The van der Waals surface area contributed by atoms with Crippen molar-refractivity contribution >= 4 is 5.91 Å². The Morgan fingerprint density at radius 2 is 2.19 bits per heavy atom. The lowest BCUT2D eigenvalue weighted by molar-refractivity contribution is -0.125. The molecule has 1 aliphatic rings. The van der Waals surface area contributed by atoms with Gasteiger partial charge in [0.15, 0.2) is 0 Å². The summed E-state index contributed by atoms with van der Waals surface area (Å²) >= 11 is 0. The minimum Gasteiger partial charge on any atom is -0.496 e. The number of methoxy groups -OCH3 is 1. The SMILES string of the molecule is CCCNC1COCC1C(=O)NCc1ccccc1OC. The van der Waals surface area contributed by atoms with Gasteiger partial charge in [-0.1, -0.05) is 25.1 Å². The molecule has 0 bridgehead atoms. The van der Waals surface area contributed by atoms with Crippen molar-refractivity contribution in [1.29, 1.82) is 0 Å². The molecule has 0 saturated carbocycles. The van der Waals surface area contributed by atoms with Gasteiger partial charge >= 0.3 is 0 Å². The van der Waals surface area contributed by atoms with E-state index in [1.165, 1.54) is 0 Å². The predicted molar refractivity (Wildman–Crippen MR) is 81.2 cm³/mol. The lowest BCUT2D eigenvalue weighted by Gasteiger charge is -2.18. The highest BCUT2D eigenvalue weighted by Crippen LogP contribution is 2.18. The van der Waals surface area contributed by atoms with Gasteiger partial charge < -0.3 is 20.1 Å². The van der Waals surface area contributed by atoms with E-state index in [-0.39, 0.29) is 17.9 Å². The van der Waals surface area contributed by atoms with Crippen molar-refractivity contribution < 1.29 is 14.3 Å². The van der Waals surface area contributed by atoms with Gasteiger partial charge in [0.25, 0.3) is 0 Å². The minimum absolute atomic E-state index is 0.0343. The van der Waals surface area contributed by atoms with Crippen LogP contribution in [0.1, 0.15) is 18.9 Å². The first-order valence-corrected chi connectivity index (χ1v) is 7.47. The Morgan fingerprint density at radius 3 is 2.95 bits per heavy atom. The fourth-order valence-electron chi connectivity index (χ4n) is 2.51. The lowest BCUT2D eigenvalue weighted by atomic mass is 10.0. The van der Waals surface area contributed by atoms with E-state index in [4.69, 9.17) is 9.47 Å². The summed E-state index contributed by atoms with van der Waals surface area (Å²) in [5, 5.41) is 6.36. The van der Waals surface area contributed by atoms with Gasteiger partial charge in [0, 0.05) is 18.2 Å². The number of hydrogen-bond donors (Lipinski definition) is 2. The normalized spacial score (nSPS) is 21.2. The molecule has 0 aliphatic carbocycles. The van der Waals surface area contributed by atoms with E-state index in [2.05, 4.69) is 17.6 Å². The number of carbonyl (C=O) groups excluding carboxylic acids is 1. The molecule has 5 nitrogen and oxygen atoms in total. The maximum atomic E-state index is 12.3. The Morgan fingerprint density at radius 1 is 1.38 bits per heavy atom. The number of nitrogens with one attached hydrogen (secondary N) is 2. The second-order valence-electron chi connectivity index (χ2n) is 5.23. The third-order valence-electron chi connectivity index (χ3n) is 3.72. The summed E-state index contributed by atoms with van der Waals surface area (Å²) in [4.78, 5) is 12.3. The number of amides is 1. The monoisotopic (exact) mass is 292 g/mol. The van der Waals surface area contributed by atoms with Crippen LogP contribution in [-0.2, 0) is 16.1 Å². The van der Waals surface area contributed by atoms with E-state index >= 15 is 0 Å². The molecular formula is C16H24N2O3. The maximum Gasteiger partial charge on any atom is 0.227 e. The van der Waals surface area contributed by atoms with Crippen LogP contribution in [0.5, 0.6) is 5.75 Å². The predicted octanol–water partition coefficient (Wildman–Crippen LogP) is 1.33. The van der Waals surface area contributed by atoms with Crippen molar-refractivity contribution in [3.8, 4) is 5.75 Å². The van der Waals surface area contributed by atoms with Crippen LogP contribution in [0.15, 0.2) is 24.3 Å². The molecule has 1 aromatic rings. The molecule has 2 rings (SSSR count). The molecule has 2 N–H and O–H groups in total. The summed E-state index contributed by atoms with van der Waals surface area (Å²) in [6.45, 7) is 4.58. The third-order valence-corrected chi connectivity index (χ3v) is 3.72. The molecular weight excluding hydrogens is 268 g/mol. The van der Waals surface area contributed by atoms with Crippen LogP contribution in [0, 0.1) is 5.92 Å². The fourth-order valence-corrected chi connectivity index (χ4v) is 2.51. The number of hydrogen-bond acceptors (Lipinski definition) is 4. The largest absolute Gasteiger partial charge is 0.496 e. The second-order valence-corrected chi connectivity index (χ2v) is 5.23. The Hall–Kier alpha value is -1.59. The molecule has 2 atom stereocenters. The van der Waals surface area contributed by atoms with Crippen molar-refractivity contribution in [2.75, 3.05) is 26.9 Å². The first-order valence-electron chi connectivity index (χ1n) is 7.47. The number of rotatable bonds is 7. The van der Waals surface area contributed by atoms with Crippen molar-refractivity contribution in [3.63, 3.8) is 0 Å². The van der Waals surface area contributed by atoms with Crippen molar-refractivity contribution in [3.05, 3.63) is 29.8 Å². The van der Waals surface area contributed by atoms with E-state index in [0.29, 0.717) is 19.8 Å². The Labute approximate surface area is 126 Å². The molecule has 1 aliphatic heterocycles. The summed E-state index contributed by atoms with van der Waals surface area (Å²) in [7, 11) is 1.64. The summed E-state index contributed by atoms with van der Waals surface area (Å²) in [5.74, 6) is 0.708. The van der Waals surface area contributed by atoms with Gasteiger partial charge in [-0.3, -0.25) is 4.79 Å². The smallest absolute Gasteiger partial charge is 0.227 e. The molecule has 21 heavy (non-hydrogen) atoms. The molecule has 116 valence electrons. The molecule has 1 amide bonds. The van der Waals surface area contributed by atoms with Crippen LogP contribution in [0.2, 0.25) is 0 Å². The number of benzene rings is 1. The summed E-state index contributed by atoms with van der Waals surface area (Å²) < 4.78 is 10.7. The highest BCUT2D eigenvalue weighted by atomic mass is 16.5. The van der Waals surface area contributed by atoms with E-state index in [1.54, 1.807) is 7.11 Å². The summed E-state index contributed by atoms with van der Waals surface area (Å²) in [6, 6.07) is 7.82. The average Bonchev–Trinajstić information content (AvgIpc) is 2.99. The highest BCUT2D eigenvalue weighted by molar-refractivity contribution is 5.80. The van der Waals surface area contributed by atoms with Crippen LogP contribution in [0.3, 0.4) is 0 Å². The zero-order valence-corrected chi connectivity index (χ0v) is 12.7. The first-order chi connectivity index (χ1) is 10.3. The van der Waals surface area contributed by atoms with Gasteiger partial charge in [0.2, 0.25) is 5.91 Å². The molecule has 1 fully saturated rings. The zero-order valence-electron chi connectivity index (χ0n) is 12.7. The fraction of sp³-hybridized carbons (Fsp3) is 0.562. The van der Waals surface area contributed by atoms with Gasteiger partial charge in [-0.25, -0.2) is 0 Å². The first kappa shape index (κ1) is 15.8. The number of carbonyl (C=O) groups is 1. The zero-order chi connectivity index (χ0) is 15.1. The molecule has 1 aromatic carbocycles. The van der Waals surface area contributed by atoms with Gasteiger partial charge in [0.05, 0.1) is 26.2 Å². The van der Waals surface area contributed by atoms with Crippen LogP contribution < -0.4 is 15.4 Å². The van der Waals surface area contributed by atoms with Crippen LogP contribution in [0.25, 0.3) is 0 Å². The molecule has 1 saturated heterocycles. The topological polar surface area (TPSA) is 59.6 Å². The van der Waals surface area contributed by atoms with Crippen LogP contribution in [-0.4, -0.2) is 38.8 Å². The highest BCUT2D eigenvalue weighted by Gasteiger charge is 2.33. The Balaban J connectivity index is 1.89. The van der Waals surface area contributed by atoms with Gasteiger partial charge in [-0.15, -0.1) is 0 Å². The number of ether oxygens (including phenoxy) is 2. The third kappa shape index (κ3) is 4.19. The van der Waals surface area contributed by atoms with E-state index in [1.807, 2.05) is 24.3 Å². The van der Waals surface area contributed by atoms with E-state index in [0.717, 1.165) is 24.3 Å². The van der Waals surface area contributed by atoms with Crippen LogP contribution in [0.4, 0.5) is 0 Å². The van der Waals surface area contributed by atoms with Gasteiger partial charge in [0.1, 0.15) is 5.75 Å². The average molecular weight is 292 g/mol. The maximum absolute atomic E-state index is 12.3. The quantitative estimate of drug-likeness (QED) is 0.796. The second kappa shape index (κ2) is 8.00. The van der Waals surface area contributed by atoms with Crippen molar-refractivity contribution in [1.82, 2.24) is 10.6 Å². The Bertz CT molecular complexity index is 465. The minimum atomic E-state index is -0.119. The Kier molecular flexibility index (Phi) is 6.02. The molecule has 0 radical (unpaired) electrons. The molecule has 2 unspecified atom stereocenters. The molecule has 0 aromatic heterocycles. The molecule has 1 heterocycles. The summed E-state index contributed by atoms with van der Waals surface area (Å²) in [5.41, 5.74) is 0.977. The van der Waals surface area contributed by atoms with Gasteiger partial charge in [-0.05, 0) is 19.0 Å². The van der Waals surface area contributed by atoms with Crippen molar-refractivity contribution in [2.45, 2.75) is 25.9 Å². The van der Waals surface area contributed by atoms with E-state index < -0.39 is 0 Å². The van der Waals surface area contributed by atoms with Crippen LogP contribution >= 0.6 is 0 Å². The molecule has 5 heteroatoms. The molecule has 0 spiro atoms. The van der Waals surface area contributed by atoms with Gasteiger partial charge in [-0.2, -0.15) is 0 Å². The summed E-state index contributed by atoms with van der Waals surface area (Å²) in [6.07, 6.45) is 1.05. The number of para-hydroxylation sites is 1. The lowest BCUT2D eigenvalue weighted by Crippen LogP contribution is -2.44. The standard InChI is InChI=1S/C16H24N2O3/c1-3-8-17-14-11-21-10-13(14)16(19)18-9-12-6-4-5-7-15(12)20-2/h4-7,13-14,17H,3,8-11H2,1-2H3,(H,18,19). The van der Waals surface area contributed by atoms with Crippen molar-refractivity contribution in [2.24, 2.45) is 5.92 Å². The van der Waals surface area contributed by atoms with E-state index in [9.17, 15) is 4.79 Å².